The smallest absolute Gasteiger partial charge is 0.243 e. The van der Waals surface area contributed by atoms with Crippen LogP contribution in [0.5, 0.6) is 0 Å². The first-order chi connectivity index (χ1) is 15.2. The Balaban J connectivity index is 1.58. The molecular weight excluding hydrogens is 500 g/mol. The average Bonchev–Trinajstić information content (AvgIpc) is 2.74. The molecule has 168 valence electrons. The third kappa shape index (κ3) is 6.30. The van der Waals surface area contributed by atoms with Crippen molar-refractivity contribution in [3.8, 4) is 0 Å². The summed E-state index contributed by atoms with van der Waals surface area (Å²) >= 11 is 9.37. The van der Waals surface area contributed by atoms with Gasteiger partial charge in [0.15, 0.2) is 0 Å². The summed E-state index contributed by atoms with van der Waals surface area (Å²) in [5.74, 6) is -2.16. The second-order valence-corrected chi connectivity index (χ2v) is 8.77. The van der Waals surface area contributed by atoms with Crippen LogP contribution in [0.15, 0.2) is 53.0 Å². The highest BCUT2D eigenvalue weighted by Crippen LogP contribution is 2.22. The summed E-state index contributed by atoms with van der Waals surface area (Å²) in [6.07, 6.45) is 0.135. The van der Waals surface area contributed by atoms with E-state index in [1.165, 1.54) is 0 Å². The Labute approximate surface area is 198 Å². The standard InChI is InChI=1S/C22H22BrClN4O4/c23-15-7-6-14(24)9-13(15)10-16(20(25)30)26-19(29)11-18-22(32)27-17(21(31)28-18)8-12-4-2-1-3-5-12/h1-7,9,16-18H,8,10-11H2,(H2,25,30)(H,26,29)(H,27,32)(H,28,31)/t16-,17-,18-/m0/s1. The predicted octanol–water partition coefficient (Wildman–Crippen LogP) is 1.23. The summed E-state index contributed by atoms with van der Waals surface area (Å²) in [6.45, 7) is 0. The number of hydrogen-bond donors (Lipinski definition) is 4. The highest BCUT2D eigenvalue weighted by Gasteiger charge is 2.35. The van der Waals surface area contributed by atoms with E-state index in [4.69, 9.17) is 17.3 Å². The molecule has 8 nitrogen and oxygen atoms in total. The number of nitrogens with one attached hydrogen (secondary N) is 3. The van der Waals surface area contributed by atoms with Crippen LogP contribution in [0.3, 0.4) is 0 Å². The number of piperazine rings is 1. The van der Waals surface area contributed by atoms with Crippen LogP contribution >= 0.6 is 27.5 Å². The molecule has 1 aliphatic rings. The zero-order chi connectivity index (χ0) is 23.3. The molecule has 0 radical (unpaired) electrons. The van der Waals surface area contributed by atoms with Gasteiger partial charge in [-0.15, -0.1) is 0 Å². The summed E-state index contributed by atoms with van der Waals surface area (Å²) < 4.78 is 0.714. The number of carbonyl (C=O) groups excluding carboxylic acids is 4. The Morgan fingerprint density at radius 2 is 1.72 bits per heavy atom. The van der Waals surface area contributed by atoms with Gasteiger partial charge in [0.2, 0.25) is 23.6 Å². The molecule has 1 aliphatic heterocycles. The number of primary amides is 1. The minimum absolute atomic E-state index is 0.116. The van der Waals surface area contributed by atoms with Crippen LogP contribution in [0, 0.1) is 0 Å². The van der Waals surface area contributed by atoms with Crippen LogP contribution in [-0.2, 0) is 32.0 Å². The van der Waals surface area contributed by atoms with Crippen LogP contribution in [-0.4, -0.2) is 41.8 Å². The number of benzene rings is 2. The second-order valence-electron chi connectivity index (χ2n) is 7.48. The first-order valence-corrected chi connectivity index (χ1v) is 11.1. The molecule has 32 heavy (non-hydrogen) atoms. The van der Waals surface area contributed by atoms with E-state index in [2.05, 4.69) is 31.9 Å². The maximum absolute atomic E-state index is 12.5. The SMILES string of the molecule is NC(=O)[C@H](Cc1cc(Cl)ccc1Br)NC(=O)C[C@@H]1NC(=O)[C@H](Cc2ccccc2)NC1=O. The van der Waals surface area contributed by atoms with Crippen molar-refractivity contribution < 1.29 is 19.2 Å². The van der Waals surface area contributed by atoms with Gasteiger partial charge in [-0.25, -0.2) is 0 Å². The molecule has 5 N–H and O–H groups in total. The van der Waals surface area contributed by atoms with Crippen molar-refractivity contribution in [1.82, 2.24) is 16.0 Å². The van der Waals surface area contributed by atoms with E-state index in [-0.39, 0.29) is 18.7 Å². The Hall–Kier alpha value is -2.91. The molecular formula is C22H22BrClN4O4. The molecule has 2 aromatic carbocycles. The third-order valence-electron chi connectivity index (χ3n) is 5.05. The molecule has 1 saturated heterocycles. The monoisotopic (exact) mass is 520 g/mol. The largest absolute Gasteiger partial charge is 0.368 e. The van der Waals surface area contributed by atoms with Crippen LogP contribution in [0.25, 0.3) is 0 Å². The number of hydrogen-bond acceptors (Lipinski definition) is 4. The minimum atomic E-state index is -1.04. The molecule has 0 saturated carbocycles. The lowest BCUT2D eigenvalue weighted by molar-refractivity contribution is -0.138. The summed E-state index contributed by atoms with van der Waals surface area (Å²) in [5, 5.41) is 8.25. The third-order valence-corrected chi connectivity index (χ3v) is 6.06. The van der Waals surface area contributed by atoms with E-state index in [1.807, 2.05) is 30.3 Å². The van der Waals surface area contributed by atoms with Crippen molar-refractivity contribution in [3.05, 3.63) is 69.2 Å². The molecule has 1 fully saturated rings. The van der Waals surface area contributed by atoms with Crippen LogP contribution in [0.4, 0.5) is 0 Å². The molecule has 0 bridgehead atoms. The molecule has 0 aromatic heterocycles. The van der Waals surface area contributed by atoms with E-state index in [1.54, 1.807) is 18.2 Å². The molecule has 4 amide bonds. The number of halogens is 2. The van der Waals surface area contributed by atoms with E-state index in [0.29, 0.717) is 21.5 Å². The molecule has 2 aromatic rings. The van der Waals surface area contributed by atoms with Gasteiger partial charge < -0.3 is 21.7 Å². The average molecular weight is 522 g/mol. The lowest BCUT2D eigenvalue weighted by atomic mass is 10.0. The molecule has 10 heteroatoms. The lowest BCUT2D eigenvalue weighted by Crippen LogP contribution is -2.63. The quantitative estimate of drug-likeness (QED) is 0.416. The highest BCUT2D eigenvalue weighted by molar-refractivity contribution is 9.10. The zero-order valence-corrected chi connectivity index (χ0v) is 19.3. The lowest BCUT2D eigenvalue weighted by Gasteiger charge is -2.29. The zero-order valence-electron chi connectivity index (χ0n) is 16.9. The van der Waals surface area contributed by atoms with Gasteiger partial charge >= 0.3 is 0 Å². The summed E-state index contributed by atoms with van der Waals surface area (Å²) in [6, 6.07) is 11.6. The van der Waals surface area contributed by atoms with Crippen LogP contribution in [0.2, 0.25) is 5.02 Å². The Morgan fingerprint density at radius 3 is 2.41 bits per heavy atom. The Morgan fingerprint density at radius 1 is 1.06 bits per heavy atom. The van der Waals surface area contributed by atoms with Gasteiger partial charge in [0.05, 0.1) is 6.42 Å². The van der Waals surface area contributed by atoms with Gasteiger partial charge in [0.25, 0.3) is 0 Å². The maximum atomic E-state index is 12.5. The molecule has 0 aliphatic carbocycles. The van der Waals surface area contributed by atoms with Crippen molar-refractivity contribution >= 4 is 51.2 Å². The Bertz CT molecular complexity index is 1030. The van der Waals surface area contributed by atoms with E-state index in [0.717, 1.165) is 5.56 Å². The fraction of sp³-hybridized carbons (Fsp3) is 0.273. The first-order valence-electron chi connectivity index (χ1n) is 9.90. The van der Waals surface area contributed by atoms with Crippen molar-refractivity contribution in [2.45, 2.75) is 37.4 Å². The van der Waals surface area contributed by atoms with Gasteiger partial charge in [-0.05, 0) is 29.3 Å². The molecule has 0 spiro atoms. The number of amides is 4. The highest BCUT2D eigenvalue weighted by atomic mass is 79.9. The number of carbonyl (C=O) groups is 4. The van der Waals surface area contributed by atoms with Gasteiger partial charge in [0.1, 0.15) is 18.1 Å². The fourth-order valence-electron chi connectivity index (χ4n) is 3.39. The normalized spacial score (nSPS) is 18.9. The van der Waals surface area contributed by atoms with Crippen molar-refractivity contribution in [2.24, 2.45) is 5.73 Å². The molecule has 1 heterocycles. The molecule has 3 rings (SSSR count). The van der Waals surface area contributed by atoms with Crippen molar-refractivity contribution in [2.75, 3.05) is 0 Å². The number of rotatable bonds is 8. The second kappa shape index (κ2) is 10.6. The molecule has 0 unspecified atom stereocenters. The van der Waals surface area contributed by atoms with E-state index >= 15 is 0 Å². The van der Waals surface area contributed by atoms with Crippen molar-refractivity contribution in [3.63, 3.8) is 0 Å². The first kappa shape index (κ1) is 23.7. The summed E-state index contributed by atoms with van der Waals surface area (Å²) in [4.78, 5) is 49.3. The number of nitrogens with two attached hydrogens (primary N) is 1. The fourth-order valence-corrected chi connectivity index (χ4v) is 4.00. The Kier molecular flexibility index (Phi) is 7.87. The van der Waals surface area contributed by atoms with Gasteiger partial charge in [0, 0.05) is 22.3 Å². The maximum Gasteiger partial charge on any atom is 0.243 e. The molecule has 3 atom stereocenters. The summed E-state index contributed by atoms with van der Waals surface area (Å²) in [7, 11) is 0. The van der Waals surface area contributed by atoms with Crippen molar-refractivity contribution in [1.29, 1.82) is 0 Å². The van der Waals surface area contributed by atoms with Crippen LogP contribution in [0.1, 0.15) is 17.5 Å². The predicted molar refractivity (Wildman–Crippen MR) is 123 cm³/mol. The van der Waals surface area contributed by atoms with Crippen LogP contribution < -0.4 is 21.7 Å². The minimum Gasteiger partial charge on any atom is -0.368 e. The summed E-state index contributed by atoms with van der Waals surface area (Å²) in [5.41, 5.74) is 7.04. The topological polar surface area (TPSA) is 130 Å². The van der Waals surface area contributed by atoms with E-state index in [9.17, 15) is 19.2 Å². The van der Waals surface area contributed by atoms with E-state index < -0.39 is 35.8 Å². The van der Waals surface area contributed by atoms with Gasteiger partial charge in [-0.3, -0.25) is 19.2 Å². The van der Waals surface area contributed by atoms with Gasteiger partial charge in [-0.2, -0.15) is 0 Å². The van der Waals surface area contributed by atoms with Gasteiger partial charge in [-0.1, -0.05) is 57.9 Å².